The predicted octanol–water partition coefficient (Wildman–Crippen LogP) is -2.36. The Balaban J connectivity index is 1.21. The van der Waals surface area contributed by atoms with Crippen molar-refractivity contribution in [2.45, 2.75) is 49.1 Å². The molecular formula is C21H29N7O16P3S+. The van der Waals surface area contributed by atoms with Crippen LogP contribution in [0.15, 0.2) is 37.2 Å². The fourth-order valence-electron chi connectivity index (χ4n) is 4.83. The van der Waals surface area contributed by atoms with Crippen molar-refractivity contribution in [2.24, 2.45) is 5.73 Å². The minimum Gasteiger partial charge on any atom is -0.389 e. The molecule has 0 saturated carbocycles. The molecule has 3 aromatic rings. The summed E-state index contributed by atoms with van der Waals surface area (Å²) in [5, 5.41) is 31.6. The summed E-state index contributed by atoms with van der Waals surface area (Å²) in [5.41, 5.74) is 11.9. The Bertz CT molecular complexity index is 1820. The highest BCUT2D eigenvalue weighted by Gasteiger charge is 2.51. The Morgan fingerprint density at radius 1 is 0.979 bits per heavy atom. The molecule has 3 aromatic heterocycles. The molecule has 0 amide bonds. The number of aromatic nitrogens is 5. The number of aliphatic hydroxyl groups is 3. The van der Waals surface area contributed by atoms with Crippen molar-refractivity contribution in [3.05, 3.63) is 42.7 Å². The number of thiocarbonyl (C=S) groups is 1. The van der Waals surface area contributed by atoms with Gasteiger partial charge in [0.05, 0.1) is 25.1 Å². The van der Waals surface area contributed by atoms with Crippen molar-refractivity contribution in [3.8, 4) is 0 Å². The quantitative estimate of drug-likeness (QED) is 0.0499. The summed E-state index contributed by atoms with van der Waals surface area (Å²) in [4.78, 5) is 50.8. The third kappa shape index (κ3) is 8.29. The average molecular weight is 760 g/mol. The zero-order valence-electron chi connectivity index (χ0n) is 23.9. The van der Waals surface area contributed by atoms with E-state index in [-0.39, 0.29) is 22.0 Å². The molecule has 0 radical (unpaired) electrons. The number of phosphoric acid groups is 3. The average Bonchev–Trinajstić information content (AvgIpc) is 3.64. The lowest BCUT2D eigenvalue weighted by Gasteiger charge is -2.22. The summed E-state index contributed by atoms with van der Waals surface area (Å²) in [5.74, 6) is -0.0510. The molecule has 2 fully saturated rings. The molecule has 48 heavy (non-hydrogen) atoms. The first-order valence-corrected chi connectivity index (χ1v) is 18.3. The predicted molar refractivity (Wildman–Crippen MR) is 158 cm³/mol. The second-order valence-corrected chi connectivity index (χ2v) is 14.9. The second kappa shape index (κ2) is 14.1. The van der Waals surface area contributed by atoms with Gasteiger partial charge in [0.15, 0.2) is 36.2 Å². The number of imidazole rings is 1. The summed E-state index contributed by atoms with van der Waals surface area (Å²) < 4.78 is 68.7. The molecule has 0 spiro atoms. The summed E-state index contributed by atoms with van der Waals surface area (Å²) in [7, 11) is -16.2. The van der Waals surface area contributed by atoms with Crippen LogP contribution in [-0.4, -0.2) is 109 Å². The van der Waals surface area contributed by atoms with Crippen LogP contribution in [0.2, 0.25) is 0 Å². The Morgan fingerprint density at radius 2 is 1.62 bits per heavy atom. The fraction of sp³-hybridized carbons (Fsp3) is 0.476. The monoisotopic (exact) mass is 760 g/mol. The van der Waals surface area contributed by atoms with Gasteiger partial charge in [0, 0.05) is 6.07 Å². The topological polar surface area (TPSA) is 348 Å². The van der Waals surface area contributed by atoms with E-state index in [0.717, 1.165) is 17.2 Å². The first-order chi connectivity index (χ1) is 22.4. The van der Waals surface area contributed by atoms with E-state index in [1.54, 1.807) is 12.1 Å². The van der Waals surface area contributed by atoms with Gasteiger partial charge in [-0.2, -0.15) is 8.88 Å². The van der Waals surface area contributed by atoms with Crippen LogP contribution in [-0.2, 0) is 41.1 Å². The molecule has 0 bridgehead atoms. The molecule has 5 heterocycles. The molecule has 2 saturated heterocycles. The van der Waals surface area contributed by atoms with E-state index in [4.69, 9.17) is 46.7 Å². The molecule has 0 aromatic carbocycles. The maximum atomic E-state index is 12.6. The van der Waals surface area contributed by atoms with Gasteiger partial charge in [-0.1, -0.05) is 12.2 Å². The Morgan fingerprint density at radius 3 is 2.25 bits per heavy atom. The van der Waals surface area contributed by atoms with E-state index in [0.29, 0.717) is 5.56 Å². The first-order valence-electron chi connectivity index (χ1n) is 13.3. The molecule has 2 aliphatic rings. The van der Waals surface area contributed by atoms with Gasteiger partial charge < -0.3 is 55.8 Å². The van der Waals surface area contributed by atoms with E-state index in [1.165, 1.54) is 17.0 Å². The number of hydrogen-bond donors (Lipinski definition) is 9. The van der Waals surface area contributed by atoms with Crippen molar-refractivity contribution < 1.29 is 80.5 Å². The van der Waals surface area contributed by atoms with Crippen molar-refractivity contribution >= 4 is 57.7 Å². The number of aliphatic hydroxyl groups excluding tert-OH is 3. The van der Waals surface area contributed by atoms with Crippen molar-refractivity contribution in [1.82, 2.24) is 19.5 Å². The third-order valence-electron chi connectivity index (χ3n) is 6.98. The van der Waals surface area contributed by atoms with Gasteiger partial charge in [0.1, 0.15) is 47.4 Å². The van der Waals surface area contributed by atoms with Crippen LogP contribution >= 0.6 is 35.7 Å². The summed E-state index contributed by atoms with van der Waals surface area (Å²) in [6.45, 7) is -1.98. The van der Waals surface area contributed by atoms with Gasteiger partial charge in [0.2, 0.25) is 0 Å². The van der Waals surface area contributed by atoms with Gasteiger partial charge in [0.25, 0.3) is 6.23 Å². The SMILES string of the molecule is NC(=S)c1ccc[n+](C2O[C@H](COP(=O)(O)OP(=O)(O)OC[C@@H]3O[C@@H](n4cnc5c(N)ncnc54)[C@H](OP(=O)(O)O)[C@@H]3O)[C@@H](O)[C@H]2O)c1. The molecule has 11 N–H and O–H groups in total. The zero-order valence-corrected chi connectivity index (χ0v) is 27.4. The van der Waals surface area contributed by atoms with Crippen molar-refractivity contribution in [1.29, 1.82) is 0 Å². The largest absolute Gasteiger partial charge is 0.481 e. The van der Waals surface area contributed by atoms with E-state index >= 15 is 0 Å². The van der Waals surface area contributed by atoms with E-state index < -0.39 is 85.8 Å². The highest BCUT2D eigenvalue weighted by Crippen LogP contribution is 2.61. The standard InChI is InChI=1S/C21H28N7O16P3S/c22-17-12-19(25-7-24-17)28(8-26-12)21-16(43-45(32,33)34)14(30)11(42-21)6-40-47(37,38)44-46(35,36)39-5-10-13(29)15(31)20(41-10)27-3-1-2-9(4-27)18(23)48/h1-4,7-8,10-11,13-16,20-21,29-31H,5-6H2,(H7-,22,23,24,25,32,33,34,35,36,37,38,48)/p+1/t10-,11+,13-,14-,15-,16-,20?,21-/m1/s1. The highest BCUT2D eigenvalue weighted by atomic mass is 32.1. The molecule has 264 valence electrons. The number of nitrogen functional groups attached to an aromatic ring is 1. The number of fused-ring (bicyclic) bond motifs is 1. The number of phosphoric ester groups is 3. The van der Waals surface area contributed by atoms with Crippen LogP contribution in [0, 0.1) is 0 Å². The molecule has 23 nitrogen and oxygen atoms in total. The lowest BCUT2D eigenvalue weighted by molar-refractivity contribution is -0.765. The van der Waals surface area contributed by atoms with Gasteiger partial charge in [-0.05, 0) is 6.07 Å². The molecule has 2 aliphatic heterocycles. The number of anilines is 1. The van der Waals surface area contributed by atoms with E-state index in [2.05, 4.69) is 19.3 Å². The minimum atomic E-state index is -5.50. The van der Waals surface area contributed by atoms with Crippen molar-refractivity contribution in [2.75, 3.05) is 18.9 Å². The Hall–Kier alpha value is -2.44. The smallest absolute Gasteiger partial charge is 0.389 e. The van der Waals surface area contributed by atoms with Gasteiger partial charge in [-0.15, -0.1) is 0 Å². The maximum Gasteiger partial charge on any atom is 0.481 e. The summed E-state index contributed by atoms with van der Waals surface area (Å²) in [6, 6.07) is 3.13. The number of rotatable bonds is 13. The lowest BCUT2D eigenvalue weighted by Crippen LogP contribution is -2.46. The van der Waals surface area contributed by atoms with E-state index in [1.807, 2.05) is 0 Å². The van der Waals surface area contributed by atoms with Crippen LogP contribution < -0.4 is 16.0 Å². The van der Waals surface area contributed by atoms with Crippen LogP contribution in [0.1, 0.15) is 18.0 Å². The molecule has 27 heteroatoms. The van der Waals surface area contributed by atoms with Crippen LogP contribution in [0.25, 0.3) is 11.2 Å². The molecule has 10 atom stereocenters. The first kappa shape index (κ1) is 36.8. The number of ether oxygens (including phenoxy) is 2. The van der Waals surface area contributed by atoms with Gasteiger partial charge in [-0.25, -0.2) is 28.6 Å². The second-order valence-electron chi connectivity index (χ2n) is 10.3. The molecule has 5 rings (SSSR count). The van der Waals surface area contributed by atoms with Gasteiger partial charge in [-0.3, -0.25) is 18.1 Å². The Labute approximate surface area is 274 Å². The fourth-order valence-corrected chi connectivity index (χ4v) is 7.59. The normalized spacial score (nSPS) is 30.3. The number of nitrogens with two attached hydrogens (primary N) is 2. The zero-order chi connectivity index (χ0) is 35.2. The van der Waals surface area contributed by atoms with Gasteiger partial charge >= 0.3 is 23.5 Å². The summed E-state index contributed by atoms with van der Waals surface area (Å²) >= 11 is 4.92. The molecule has 3 unspecified atom stereocenters. The molecular weight excluding hydrogens is 731 g/mol. The highest BCUT2D eigenvalue weighted by molar-refractivity contribution is 7.80. The van der Waals surface area contributed by atoms with Crippen LogP contribution in [0.5, 0.6) is 0 Å². The van der Waals surface area contributed by atoms with Crippen LogP contribution in [0.3, 0.4) is 0 Å². The Kier molecular flexibility index (Phi) is 10.8. The third-order valence-corrected chi connectivity index (χ3v) is 10.3. The lowest BCUT2D eigenvalue weighted by atomic mass is 10.1. The minimum absolute atomic E-state index is 0.0112. The number of hydrogen-bond acceptors (Lipinski definition) is 17. The number of pyridine rings is 1. The maximum absolute atomic E-state index is 12.6. The molecule has 0 aliphatic carbocycles. The van der Waals surface area contributed by atoms with Crippen LogP contribution in [0.4, 0.5) is 5.82 Å². The summed E-state index contributed by atoms with van der Waals surface area (Å²) in [6.07, 6.45) is -7.76. The van der Waals surface area contributed by atoms with Crippen molar-refractivity contribution in [3.63, 3.8) is 0 Å². The number of nitrogens with zero attached hydrogens (tertiary/aromatic N) is 5. The van der Waals surface area contributed by atoms with E-state index in [9.17, 15) is 48.6 Å².